The first-order valence-electron chi connectivity index (χ1n) is 8.12. The van der Waals surface area contributed by atoms with Crippen LogP contribution in [0.25, 0.3) is 0 Å². The number of amides is 1. The SMILES string of the molecule is Nc1ccc2c(c1)N(C(=O)Cn1cccc1)c1ccccc1CC2. The number of benzene rings is 2. The first-order valence-corrected chi connectivity index (χ1v) is 8.12. The van der Waals surface area contributed by atoms with E-state index in [-0.39, 0.29) is 5.91 Å². The number of para-hydroxylation sites is 1. The molecule has 0 radical (unpaired) electrons. The molecule has 2 aromatic carbocycles. The maximum atomic E-state index is 13.1. The monoisotopic (exact) mass is 317 g/mol. The van der Waals surface area contributed by atoms with Crippen molar-refractivity contribution < 1.29 is 4.79 Å². The number of hydrogen-bond donors (Lipinski definition) is 1. The normalized spacial score (nSPS) is 13.1. The highest BCUT2D eigenvalue weighted by molar-refractivity contribution is 6.02. The number of nitrogens with two attached hydrogens (primary N) is 1. The Kier molecular flexibility index (Phi) is 3.58. The van der Waals surface area contributed by atoms with Crippen LogP contribution in [0.5, 0.6) is 0 Å². The van der Waals surface area contributed by atoms with Crippen molar-refractivity contribution in [2.75, 3.05) is 10.6 Å². The van der Waals surface area contributed by atoms with Gasteiger partial charge in [-0.3, -0.25) is 9.69 Å². The summed E-state index contributed by atoms with van der Waals surface area (Å²) < 4.78 is 1.89. The summed E-state index contributed by atoms with van der Waals surface area (Å²) in [7, 11) is 0. The third-order valence-electron chi connectivity index (χ3n) is 4.48. The van der Waals surface area contributed by atoms with Gasteiger partial charge in [0.05, 0.1) is 11.4 Å². The molecule has 0 unspecified atom stereocenters. The number of hydrogen-bond acceptors (Lipinski definition) is 2. The molecule has 24 heavy (non-hydrogen) atoms. The molecule has 120 valence electrons. The second-order valence-electron chi connectivity index (χ2n) is 6.10. The fourth-order valence-electron chi connectivity index (χ4n) is 3.31. The summed E-state index contributed by atoms with van der Waals surface area (Å²) in [6, 6.07) is 17.8. The van der Waals surface area contributed by atoms with Crippen LogP contribution in [-0.2, 0) is 24.2 Å². The minimum Gasteiger partial charge on any atom is -0.399 e. The molecule has 0 fully saturated rings. The molecule has 1 aliphatic heterocycles. The molecule has 1 aromatic heterocycles. The Balaban J connectivity index is 1.83. The molecule has 4 nitrogen and oxygen atoms in total. The van der Waals surface area contributed by atoms with Gasteiger partial charge in [-0.05, 0) is 54.3 Å². The lowest BCUT2D eigenvalue weighted by molar-refractivity contribution is -0.118. The van der Waals surface area contributed by atoms with Gasteiger partial charge >= 0.3 is 0 Å². The molecule has 0 spiro atoms. The lowest BCUT2D eigenvalue weighted by Crippen LogP contribution is -2.30. The lowest BCUT2D eigenvalue weighted by Gasteiger charge is -2.25. The molecule has 4 rings (SSSR count). The van der Waals surface area contributed by atoms with E-state index in [2.05, 4.69) is 6.07 Å². The number of anilines is 3. The maximum Gasteiger partial charge on any atom is 0.251 e. The second kappa shape index (κ2) is 5.89. The zero-order valence-corrected chi connectivity index (χ0v) is 13.4. The van der Waals surface area contributed by atoms with Gasteiger partial charge in [-0.2, -0.15) is 0 Å². The van der Waals surface area contributed by atoms with Gasteiger partial charge in [-0.25, -0.2) is 0 Å². The van der Waals surface area contributed by atoms with E-state index < -0.39 is 0 Å². The zero-order chi connectivity index (χ0) is 16.5. The topological polar surface area (TPSA) is 51.3 Å². The molecule has 1 aliphatic rings. The number of carbonyl (C=O) groups is 1. The fourth-order valence-corrected chi connectivity index (χ4v) is 3.31. The highest BCUT2D eigenvalue weighted by Gasteiger charge is 2.25. The Morgan fingerprint density at radius 2 is 1.62 bits per heavy atom. The Morgan fingerprint density at radius 3 is 2.42 bits per heavy atom. The van der Waals surface area contributed by atoms with E-state index >= 15 is 0 Å². The van der Waals surface area contributed by atoms with Crippen LogP contribution in [0.3, 0.4) is 0 Å². The van der Waals surface area contributed by atoms with E-state index in [1.807, 2.05) is 70.4 Å². The third-order valence-corrected chi connectivity index (χ3v) is 4.48. The summed E-state index contributed by atoms with van der Waals surface area (Å²) >= 11 is 0. The molecular weight excluding hydrogens is 298 g/mol. The van der Waals surface area contributed by atoms with Crippen LogP contribution in [0.4, 0.5) is 17.1 Å². The predicted molar refractivity (Wildman–Crippen MR) is 96.3 cm³/mol. The number of rotatable bonds is 2. The van der Waals surface area contributed by atoms with Crippen molar-refractivity contribution in [3.05, 3.63) is 78.1 Å². The van der Waals surface area contributed by atoms with Crippen molar-refractivity contribution in [1.29, 1.82) is 0 Å². The van der Waals surface area contributed by atoms with Gasteiger partial charge in [-0.15, -0.1) is 0 Å². The smallest absolute Gasteiger partial charge is 0.251 e. The number of aromatic nitrogens is 1. The number of nitrogen functional groups attached to an aromatic ring is 1. The quantitative estimate of drug-likeness (QED) is 0.735. The molecule has 0 saturated heterocycles. The molecule has 2 heterocycles. The highest BCUT2D eigenvalue weighted by atomic mass is 16.2. The minimum atomic E-state index is 0.0346. The molecule has 0 aliphatic carbocycles. The van der Waals surface area contributed by atoms with Gasteiger partial charge in [-0.1, -0.05) is 24.3 Å². The summed E-state index contributed by atoms with van der Waals surface area (Å²) in [6.45, 7) is 0.301. The van der Waals surface area contributed by atoms with Gasteiger partial charge in [0.25, 0.3) is 5.91 Å². The van der Waals surface area contributed by atoms with Gasteiger partial charge < -0.3 is 10.3 Å². The van der Waals surface area contributed by atoms with Crippen molar-refractivity contribution in [2.24, 2.45) is 0 Å². The van der Waals surface area contributed by atoms with Crippen LogP contribution < -0.4 is 10.6 Å². The Labute approximate surface area is 141 Å². The van der Waals surface area contributed by atoms with Crippen molar-refractivity contribution in [1.82, 2.24) is 4.57 Å². The molecule has 0 saturated carbocycles. The largest absolute Gasteiger partial charge is 0.399 e. The maximum absolute atomic E-state index is 13.1. The van der Waals surface area contributed by atoms with E-state index in [0.29, 0.717) is 12.2 Å². The van der Waals surface area contributed by atoms with Crippen molar-refractivity contribution in [3.8, 4) is 0 Å². The number of nitrogens with zero attached hydrogens (tertiary/aromatic N) is 2. The van der Waals surface area contributed by atoms with Gasteiger partial charge in [0.2, 0.25) is 0 Å². The number of aryl methyl sites for hydroxylation is 2. The Bertz CT molecular complexity index is 884. The van der Waals surface area contributed by atoms with Gasteiger partial charge in [0.1, 0.15) is 6.54 Å². The van der Waals surface area contributed by atoms with Crippen LogP contribution in [0, 0.1) is 0 Å². The zero-order valence-electron chi connectivity index (χ0n) is 13.4. The average molecular weight is 317 g/mol. The third kappa shape index (κ3) is 2.56. The molecule has 2 N–H and O–H groups in total. The van der Waals surface area contributed by atoms with Crippen molar-refractivity contribution in [3.63, 3.8) is 0 Å². The van der Waals surface area contributed by atoms with E-state index in [4.69, 9.17) is 5.73 Å². The Morgan fingerprint density at radius 1 is 0.917 bits per heavy atom. The Hall–Kier alpha value is -3.01. The van der Waals surface area contributed by atoms with E-state index in [9.17, 15) is 4.79 Å². The van der Waals surface area contributed by atoms with Crippen LogP contribution >= 0.6 is 0 Å². The van der Waals surface area contributed by atoms with Crippen LogP contribution in [0.2, 0.25) is 0 Å². The summed E-state index contributed by atoms with van der Waals surface area (Å²) in [4.78, 5) is 14.9. The predicted octanol–water partition coefficient (Wildman–Crippen LogP) is 3.53. The number of carbonyl (C=O) groups excluding carboxylic acids is 1. The second-order valence-corrected chi connectivity index (χ2v) is 6.10. The van der Waals surface area contributed by atoms with Gasteiger partial charge in [0.15, 0.2) is 0 Å². The van der Waals surface area contributed by atoms with Crippen molar-refractivity contribution in [2.45, 2.75) is 19.4 Å². The molecular formula is C20H19N3O. The average Bonchev–Trinajstić information content (AvgIpc) is 3.02. The standard InChI is InChI=1S/C20H19N3O/c21-17-10-9-16-8-7-15-5-1-2-6-18(15)23(19(16)13-17)20(24)14-22-11-3-4-12-22/h1-6,9-13H,7-8,14,21H2. The molecule has 0 atom stereocenters. The first kappa shape index (κ1) is 14.6. The van der Waals surface area contributed by atoms with Crippen LogP contribution in [0.15, 0.2) is 67.0 Å². The summed E-state index contributed by atoms with van der Waals surface area (Å²) in [6.07, 6.45) is 5.63. The molecule has 1 amide bonds. The summed E-state index contributed by atoms with van der Waals surface area (Å²) in [5, 5.41) is 0. The lowest BCUT2D eigenvalue weighted by atomic mass is 10.0. The molecule has 3 aromatic rings. The first-order chi connectivity index (χ1) is 11.7. The molecule has 4 heteroatoms. The highest BCUT2D eigenvalue weighted by Crippen LogP contribution is 2.37. The minimum absolute atomic E-state index is 0.0346. The van der Waals surface area contributed by atoms with Crippen molar-refractivity contribution >= 4 is 23.0 Å². The van der Waals surface area contributed by atoms with E-state index in [1.165, 1.54) is 5.56 Å². The fraction of sp³-hybridized carbons (Fsp3) is 0.150. The summed E-state index contributed by atoms with van der Waals surface area (Å²) in [5.74, 6) is 0.0346. The van der Waals surface area contributed by atoms with E-state index in [0.717, 1.165) is 29.8 Å². The number of fused-ring (bicyclic) bond motifs is 2. The van der Waals surface area contributed by atoms with E-state index in [1.54, 1.807) is 0 Å². The van der Waals surface area contributed by atoms with Crippen LogP contribution in [0.1, 0.15) is 11.1 Å². The van der Waals surface area contributed by atoms with Crippen LogP contribution in [-0.4, -0.2) is 10.5 Å². The van der Waals surface area contributed by atoms with Gasteiger partial charge in [0, 0.05) is 18.1 Å². The molecule has 0 bridgehead atoms. The summed E-state index contributed by atoms with van der Waals surface area (Å²) in [5.41, 5.74) is 10.9.